The molecule has 1 N–H and O–H groups in total. The highest BCUT2D eigenvalue weighted by molar-refractivity contribution is 14.1. The summed E-state index contributed by atoms with van der Waals surface area (Å²) in [6.45, 7) is 0. The van der Waals surface area contributed by atoms with Crippen LogP contribution in [0.1, 0.15) is 16.7 Å². The predicted molar refractivity (Wildman–Crippen MR) is 173 cm³/mol. The second-order valence-corrected chi connectivity index (χ2v) is 11.5. The third kappa shape index (κ3) is 5.33. The number of halogens is 1. The van der Waals surface area contributed by atoms with Gasteiger partial charge in [-0.15, -0.1) is 11.3 Å². The molecule has 0 unspecified atom stereocenters. The van der Waals surface area contributed by atoms with Crippen LogP contribution in [-0.4, -0.2) is 16.3 Å². The van der Waals surface area contributed by atoms with Crippen LogP contribution in [0.15, 0.2) is 108 Å². The second-order valence-electron chi connectivity index (χ2n) is 9.21. The second kappa shape index (κ2) is 11.3. The first-order valence-electron chi connectivity index (χ1n) is 12.6. The van der Waals surface area contributed by atoms with Crippen LogP contribution in [0.25, 0.3) is 43.0 Å². The van der Waals surface area contributed by atoms with Crippen LogP contribution >= 0.6 is 33.9 Å². The number of benzene rings is 5. The molecule has 0 bridgehead atoms. The lowest BCUT2D eigenvalue weighted by molar-refractivity contribution is 0.474. The molecule has 0 aliphatic rings. The number of aromatic nitrogens is 1. The molecule has 1 heterocycles. The van der Waals surface area contributed by atoms with Crippen molar-refractivity contribution in [1.29, 1.82) is 10.5 Å². The van der Waals surface area contributed by atoms with Gasteiger partial charge in [0.1, 0.15) is 10.8 Å². The Balaban J connectivity index is 1.52. The molecular formula is C34H19IN4OS. The minimum Gasteiger partial charge on any atom is -0.507 e. The Morgan fingerprint density at radius 1 is 0.756 bits per heavy atom. The Kier molecular flexibility index (Phi) is 7.30. The molecule has 0 saturated heterocycles. The molecular weight excluding hydrogens is 639 g/mol. The lowest BCUT2D eigenvalue weighted by Gasteiger charge is -2.08. The third-order valence-corrected chi connectivity index (χ3v) is 8.45. The quantitative estimate of drug-likeness (QED) is 0.148. The number of aromatic hydroxyl groups is 1. The maximum absolute atomic E-state index is 10.3. The Morgan fingerprint density at radius 2 is 1.39 bits per heavy atom. The van der Waals surface area contributed by atoms with Crippen molar-refractivity contribution in [3.63, 3.8) is 0 Å². The summed E-state index contributed by atoms with van der Waals surface area (Å²) in [6.07, 6.45) is 1.67. The molecule has 41 heavy (non-hydrogen) atoms. The van der Waals surface area contributed by atoms with Crippen molar-refractivity contribution in [2.45, 2.75) is 0 Å². The molecule has 0 aliphatic heterocycles. The Bertz CT molecular complexity index is 1940. The summed E-state index contributed by atoms with van der Waals surface area (Å²) in [7, 11) is 0. The van der Waals surface area contributed by atoms with E-state index in [1.54, 1.807) is 23.6 Å². The highest BCUT2D eigenvalue weighted by Gasteiger charge is 2.17. The topological polar surface area (TPSA) is 93.1 Å². The van der Waals surface area contributed by atoms with Gasteiger partial charge in [0.2, 0.25) is 0 Å². The molecule has 0 spiro atoms. The average molecular weight is 659 g/mol. The fourth-order valence-electron chi connectivity index (χ4n) is 4.57. The number of phenols is 1. The van der Waals surface area contributed by atoms with Gasteiger partial charge in [-0.3, -0.25) is 4.99 Å². The van der Waals surface area contributed by atoms with Gasteiger partial charge in [0.15, 0.2) is 0 Å². The van der Waals surface area contributed by atoms with Gasteiger partial charge in [-0.25, -0.2) is 4.98 Å². The van der Waals surface area contributed by atoms with E-state index in [9.17, 15) is 15.6 Å². The normalized spacial score (nSPS) is 11.0. The summed E-state index contributed by atoms with van der Waals surface area (Å²) in [5.74, 6) is 0.172. The zero-order valence-corrected chi connectivity index (χ0v) is 24.4. The molecule has 6 rings (SSSR count). The largest absolute Gasteiger partial charge is 0.507 e. The van der Waals surface area contributed by atoms with Crippen molar-refractivity contribution >= 4 is 56.0 Å². The molecule has 7 heteroatoms. The van der Waals surface area contributed by atoms with E-state index in [4.69, 9.17) is 9.98 Å². The van der Waals surface area contributed by atoms with Gasteiger partial charge in [-0.1, -0.05) is 48.5 Å². The molecule has 5 aromatic carbocycles. The van der Waals surface area contributed by atoms with Crippen LogP contribution in [0.2, 0.25) is 0 Å². The lowest BCUT2D eigenvalue weighted by Crippen LogP contribution is -1.86. The fourth-order valence-corrected chi connectivity index (χ4v) is 6.24. The molecule has 0 atom stereocenters. The monoisotopic (exact) mass is 658 g/mol. The zero-order chi connectivity index (χ0) is 28.3. The number of phenolic OH excluding ortho intramolecular Hbond substituents is 1. The van der Waals surface area contributed by atoms with E-state index in [1.165, 1.54) is 0 Å². The molecule has 0 aliphatic carbocycles. The number of rotatable bonds is 5. The highest BCUT2D eigenvalue weighted by Crippen LogP contribution is 2.43. The highest BCUT2D eigenvalue weighted by atomic mass is 127. The number of fused-ring (bicyclic) bond motifs is 1. The average Bonchev–Trinajstić information content (AvgIpc) is 3.47. The van der Waals surface area contributed by atoms with Gasteiger partial charge in [-0.2, -0.15) is 10.5 Å². The number of nitrogens with zero attached hydrogens (tertiary/aromatic N) is 4. The number of thiazole rings is 1. The van der Waals surface area contributed by atoms with Gasteiger partial charge < -0.3 is 5.11 Å². The molecule has 6 aromatic rings. The van der Waals surface area contributed by atoms with Crippen LogP contribution in [0.4, 0.5) is 5.69 Å². The van der Waals surface area contributed by atoms with E-state index >= 15 is 0 Å². The molecule has 0 amide bonds. The van der Waals surface area contributed by atoms with Crippen LogP contribution in [-0.2, 0) is 0 Å². The van der Waals surface area contributed by atoms with Gasteiger partial charge in [0.05, 0.1) is 39.2 Å². The Labute approximate surface area is 254 Å². The summed E-state index contributed by atoms with van der Waals surface area (Å²) in [4.78, 5) is 9.89. The zero-order valence-electron chi connectivity index (χ0n) is 21.4. The lowest BCUT2D eigenvalue weighted by atomic mass is 9.98. The number of nitriles is 2. The van der Waals surface area contributed by atoms with Crippen molar-refractivity contribution in [1.82, 2.24) is 4.98 Å². The van der Waals surface area contributed by atoms with E-state index in [2.05, 4.69) is 46.9 Å². The first-order chi connectivity index (χ1) is 20.0. The van der Waals surface area contributed by atoms with E-state index in [0.717, 1.165) is 52.3 Å². The number of hydrogen-bond donors (Lipinski definition) is 1. The van der Waals surface area contributed by atoms with Crippen LogP contribution in [0, 0.1) is 26.2 Å². The molecule has 0 radical (unpaired) electrons. The minimum atomic E-state index is 0.172. The summed E-state index contributed by atoms with van der Waals surface area (Å²) in [5, 5.41) is 29.6. The predicted octanol–water partition coefficient (Wildman–Crippen LogP) is 9.10. The minimum absolute atomic E-state index is 0.172. The van der Waals surface area contributed by atoms with Gasteiger partial charge in [0.25, 0.3) is 0 Å². The fraction of sp³-hybridized carbons (Fsp3) is 0. The van der Waals surface area contributed by atoms with Crippen LogP contribution < -0.4 is 0 Å². The summed E-state index contributed by atoms with van der Waals surface area (Å²) in [6, 6.07) is 36.8. The van der Waals surface area contributed by atoms with Crippen molar-refractivity contribution in [3.05, 3.63) is 123 Å². The van der Waals surface area contributed by atoms with Gasteiger partial charge in [0, 0.05) is 32.0 Å². The van der Waals surface area contributed by atoms with Crippen LogP contribution in [0.5, 0.6) is 5.75 Å². The van der Waals surface area contributed by atoms with E-state index in [1.807, 2.05) is 84.9 Å². The van der Waals surface area contributed by atoms with Crippen molar-refractivity contribution in [2.75, 3.05) is 0 Å². The van der Waals surface area contributed by atoms with Crippen LogP contribution in [0.3, 0.4) is 0 Å². The first-order valence-corrected chi connectivity index (χ1v) is 14.5. The number of aliphatic imine (C=N–C) groups is 1. The Hall–Kier alpha value is -4.83. The summed E-state index contributed by atoms with van der Waals surface area (Å²) >= 11 is 3.80. The van der Waals surface area contributed by atoms with E-state index < -0.39 is 0 Å². The standard InChI is InChI=1S/C34H19IN4OS/c35-26-13-16-31(40)25(17-26)20-38-30-4-2-1-3-29(30)34-39-32-27(23-9-5-21(18-36)6-10-23)14-15-28(33(32)41-34)24-11-7-22(19-37)8-12-24/h1-17,20,40H. The smallest absolute Gasteiger partial charge is 0.126 e. The van der Waals surface area contributed by atoms with Gasteiger partial charge in [-0.05, 0) is 88.3 Å². The molecule has 1 aromatic heterocycles. The van der Waals surface area contributed by atoms with Crippen molar-refractivity contribution in [2.24, 2.45) is 4.99 Å². The van der Waals surface area contributed by atoms with Crippen molar-refractivity contribution in [3.8, 4) is 50.7 Å². The number of para-hydroxylation sites is 1. The first kappa shape index (κ1) is 26.4. The maximum Gasteiger partial charge on any atom is 0.126 e. The van der Waals surface area contributed by atoms with E-state index in [-0.39, 0.29) is 5.75 Å². The Morgan fingerprint density at radius 3 is 2.07 bits per heavy atom. The number of hydrogen-bond acceptors (Lipinski definition) is 6. The molecule has 194 valence electrons. The molecule has 0 fully saturated rings. The maximum atomic E-state index is 10.3. The third-order valence-electron chi connectivity index (χ3n) is 6.66. The summed E-state index contributed by atoms with van der Waals surface area (Å²) in [5.41, 5.74) is 8.28. The van der Waals surface area contributed by atoms with Crippen molar-refractivity contribution < 1.29 is 5.11 Å². The summed E-state index contributed by atoms with van der Waals surface area (Å²) < 4.78 is 2.02. The molecule has 5 nitrogen and oxygen atoms in total. The SMILES string of the molecule is N#Cc1ccc(-c2ccc(-c3ccc(C#N)cc3)c3sc(-c4ccccc4N=Cc4cc(I)ccc4O)nc23)cc1. The molecule has 0 saturated carbocycles. The van der Waals surface area contributed by atoms with E-state index in [0.29, 0.717) is 16.7 Å². The van der Waals surface area contributed by atoms with Gasteiger partial charge >= 0.3 is 0 Å².